The van der Waals surface area contributed by atoms with Crippen molar-refractivity contribution in [3.05, 3.63) is 0 Å². The summed E-state index contributed by atoms with van der Waals surface area (Å²) in [5.74, 6) is 0.949. The maximum Gasteiger partial charge on any atom is 0.139 e. The van der Waals surface area contributed by atoms with Crippen molar-refractivity contribution in [3.63, 3.8) is 0 Å². The molecular formula is C5H9NOS2. The van der Waals surface area contributed by atoms with E-state index in [0.717, 1.165) is 12.0 Å². The first-order valence-corrected chi connectivity index (χ1v) is 4.05. The highest BCUT2D eigenvalue weighted by Gasteiger charge is 1.90. The van der Waals surface area contributed by atoms with Gasteiger partial charge in [0.25, 0.3) is 0 Å². The van der Waals surface area contributed by atoms with Crippen LogP contribution in [-0.4, -0.2) is 22.9 Å². The van der Waals surface area contributed by atoms with Crippen LogP contribution in [0.5, 0.6) is 0 Å². The molecule has 0 saturated carbocycles. The third kappa shape index (κ3) is 5.79. The first kappa shape index (κ1) is 8.91. The summed E-state index contributed by atoms with van der Waals surface area (Å²) >= 11 is 6.34. The number of carbonyl (C=O) groups excluding carboxylic acids is 1. The molecule has 0 aliphatic rings. The summed E-state index contributed by atoms with van der Waals surface area (Å²) in [6.45, 7) is 2.34. The summed E-state index contributed by atoms with van der Waals surface area (Å²) in [7, 11) is 0. The molecule has 0 unspecified atom stereocenters. The fourth-order valence-corrected chi connectivity index (χ4v) is 1.19. The summed E-state index contributed by atoms with van der Waals surface area (Å²) in [5.41, 5.74) is 0. The number of hydrogen-bond donors (Lipinski definition) is 1. The molecule has 0 atom stereocenters. The van der Waals surface area contributed by atoms with Gasteiger partial charge in [-0.2, -0.15) is 0 Å². The molecule has 0 fully saturated rings. The van der Waals surface area contributed by atoms with Gasteiger partial charge in [-0.05, 0) is 5.75 Å². The van der Waals surface area contributed by atoms with Crippen molar-refractivity contribution in [1.82, 2.24) is 5.32 Å². The molecular weight excluding hydrogens is 154 g/mol. The van der Waals surface area contributed by atoms with Gasteiger partial charge in [0, 0.05) is 0 Å². The Morgan fingerprint density at radius 2 is 2.56 bits per heavy atom. The molecule has 1 N–H and O–H groups in total. The average molecular weight is 163 g/mol. The Hall–Kier alpha value is -0.0900. The van der Waals surface area contributed by atoms with E-state index in [9.17, 15) is 4.79 Å². The lowest BCUT2D eigenvalue weighted by molar-refractivity contribution is -0.106. The zero-order valence-corrected chi connectivity index (χ0v) is 6.85. The number of nitrogens with one attached hydrogen (secondary N) is 1. The Labute approximate surface area is 64.4 Å². The molecule has 0 aliphatic carbocycles. The lowest BCUT2D eigenvalue weighted by Crippen LogP contribution is -2.20. The maximum atomic E-state index is 9.78. The molecule has 0 aromatic heterocycles. The van der Waals surface area contributed by atoms with Crippen molar-refractivity contribution in [2.24, 2.45) is 0 Å². The summed E-state index contributed by atoms with van der Waals surface area (Å²) in [6, 6.07) is 0. The molecule has 2 nitrogen and oxygen atoms in total. The molecule has 4 heteroatoms. The van der Waals surface area contributed by atoms with Crippen LogP contribution in [0.15, 0.2) is 0 Å². The first-order chi connectivity index (χ1) is 4.31. The van der Waals surface area contributed by atoms with E-state index in [2.05, 4.69) is 5.32 Å². The second kappa shape index (κ2) is 6.04. The van der Waals surface area contributed by atoms with Crippen molar-refractivity contribution < 1.29 is 4.79 Å². The van der Waals surface area contributed by atoms with Crippen molar-refractivity contribution in [3.8, 4) is 0 Å². The topological polar surface area (TPSA) is 29.1 Å². The van der Waals surface area contributed by atoms with Crippen LogP contribution < -0.4 is 5.32 Å². The van der Waals surface area contributed by atoms with Gasteiger partial charge >= 0.3 is 0 Å². The third-order valence-corrected chi connectivity index (χ3v) is 1.80. The summed E-state index contributed by atoms with van der Waals surface area (Å²) in [6.07, 6.45) is 0.794. The molecule has 0 spiro atoms. The van der Waals surface area contributed by atoms with Crippen LogP contribution >= 0.6 is 24.0 Å². The number of thioether (sulfide) groups is 1. The van der Waals surface area contributed by atoms with Gasteiger partial charge in [0.1, 0.15) is 10.6 Å². The summed E-state index contributed by atoms with van der Waals surface area (Å²) in [5, 5.41) is 2.76. The van der Waals surface area contributed by atoms with Gasteiger partial charge in [0.2, 0.25) is 0 Å². The van der Waals surface area contributed by atoms with E-state index in [4.69, 9.17) is 12.2 Å². The zero-order chi connectivity index (χ0) is 7.11. The minimum Gasteiger partial charge on any atom is -0.364 e. The van der Waals surface area contributed by atoms with Gasteiger partial charge in [-0.15, -0.1) is 0 Å². The molecule has 0 rings (SSSR count). The molecule has 52 valence electrons. The van der Waals surface area contributed by atoms with Gasteiger partial charge in [-0.25, -0.2) is 0 Å². The van der Waals surface area contributed by atoms with Gasteiger partial charge < -0.3 is 10.1 Å². The number of carbonyl (C=O) groups is 1. The Morgan fingerprint density at radius 3 is 3.00 bits per heavy atom. The van der Waals surface area contributed by atoms with Crippen LogP contribution in [0.4, 0.5) is 0 Å². The van der Waals surface area contributed by atoms with E-state index in [0.29, 0.717) is 10.9 Å². The minimum atomic E-state index is 0.325. The lowest BCUT2D eigenvalue weighted by atomic mass is 10.7. The van der Waals surface area contributed by atoms with Crippen molar-refractivity contribution >= 4 is 34.6 Å². The zero-order valence-electron chi connectivity index (χ0n) is 5.22. The smallest absolute Gasteiger partial charge is 0.139 e. The second-order valence-corrected chi connectivity index (χ2v) is 3.21. The van der Waals surface area contributed by atoms with Crippen LogP contribution in [0, 0.1) is 0 Å². The number of aldehydes is 1. The minimum absolute atomic E-state index is 0.325. The fourth-order valence-electron chi connectivity index (χ4n) is 0.307. The average Bonchev–Trinajstić information content (AvgIpc) is 1.85. The van der Waals surface area contributed by atoms with E-state index in [1.807, 2.05) is 6.92 Å². The number of thiocarbonyl (C=S) groups is 1. The van der Waals surface area contributed by atoms with Gasteiger partial charge in [-0.3, -0.25) is 0 Å². The molecule has 0 aromatic rings. The monoisotopic (exact) mass is 163 g/mol. The Kier molecular flexibility index (Phi) is 5.98. The SMILES string of the molecule is CCSC(=S)NCC=O. The molecule has 0 heterocycles. The third-order valence-electron chi connectivity index (χ3n) is 0.605. The standard InChI is InChI=1S/C5H9NOS2/c1-2-9-5(8)6-3-4-7/h4H,2-3H2,1H3,(H,6,8). The van der Waals surface area contributed by atoms with Crippen molar-refractivity contribution in [1.29, 1.82) is 0 Å². The molecule has 0 amide bonds. The van der Waals surface area contributed by atoms with Crippen molar-refractivity contribution in [2.75, 3.05) is 12.3 Å². The molecule has 9 heavy (non-hydrogen) atoms. The van der Waals surface area contributed by atoms with Crippen LogP contribution in [0.25, 0.3) is 0 Å². The molecule has 0 radical (unpaired) electrons. The highest BCUT2D eigenvalue weighted by atomic mass is 32.2. The summed E-state index contributed by atoms with van der Waals surface area (Å²) in [4.78, 5) is 9.78. The highest BCUT2D eigenvalue weighted by Crippen LogP contribution is 1.98. The normalized spacial score (nSPS) is 8.56. The first-order valence-electron chi connectivity index (χ1n) is 2.65. The molecule has 0 saturated heterocycles. The predicted molar refractivity (Wildman–Crippen MR) is 44.8 cm³/mol. The Morgan fingerprint density at radius 1 is 1.89 bits per heavy atom. The van der Waals surface area contributed by atoms with Crippen LogP contribution in [0.3, 0.4) is 0 Å². The van der Waals surface area contributed by atoms with Crippen LogP contribution in [-0.2, 0) is 4.79 Å². The van der Waals surface area contributed by atoms with E-state index >= 15 is 0 Å². The van der Waals surface area contributed by atoms with Crippen LogP contribution in [0.1, 0.15) is 6.92 Å². The largest absolute Gasteiger partial charge is 0.364 e. The molecule has 0 aromatic carbocycles. The van der Waals surface area contributed by atoms with Crippen LogP contribution in [0.2, 0.25) is 0 Å². The maximum absolute atomic E-state index is 9.78. The van der Waals surface area contributed by atoms with E-state index in [1.165, 1.54) is 11.8 Å². The second-order valence-electron chi connectivity index (χ2n) is 1.27. The highest BCUT2D eigenvalue weighted by molar-refractivity contribution is 8.22. The Bertz CT molecular complexity index is 105. The van der Waals surface area contributed by atoms with E-state index < -0.39 is 0 Å². The van der Waals surface area contributed by atoms with E-state index in [1.54, 1.807) is 0 Å². The molecule has 0 aliphatic heterocycles. The fraction of sp³-hybridized carbons (Fsp3) is 0.600. The predicted octanol–water partition coefficient (Wildman–Crippen LogP) is 0.813. The Balaban J connectivity index is 3.16. The molecule has 0 bridgehead atoms. The quantitative estimate of drug-likeness (QED) is 0.492. The lowest BCUT2D eigenvalue weighted by Gasteiger charge is -1.99. The number of hydrogen-bond acceptors (Lipinski definition) is 3. The van der Waals surface area contributed by atoms with Gasteiger partial charge in [-0.1, -0.05) is 30.9 Å². The van der Waals surface area contributed by atoms with Crippen molar-refractivity contribution in [2.45, 2.75) is 6.92 Å². The van der Waals surface area contributed by atoms with Gasteiger partial charge in [0.05, 0.1) is 6.54 Å². The van der Waals surface area contributed by atoms with Gasteiger partial charge in [0.15, 0.2) is 0 Å². The summed E-state index contributed by atoms with van der Waals surface area (Å²) < 4.78 is 0.699. The van der Waals surface area contributed by atoms with E-state index in [-0.39, 0.29) is 0 Å². The number of rotatable bonds is 3.